The summed E-state index contributed by atoms with van der Waals surface area (Å²) in [6, 6.07) is 11.1. The first kappa shape index (κ1) is 23.4. The van der Waals surface area contributed by atoms with E-state index < -0.39 is 10.0 Å². The van der Waals surface area contributed by atoms with Crippen LogP contribution in [0.2, 0.25) is 0 Å². The van der Waals surface area contributed by atoms with Gasteiger partial charge in [0.1, 0.15) is 11.6 Å². The van der Waals surface area contributed by atoms with Crippen molar-refractivity contribution in [3.05, 3.63) is 59.4 Å². The van der Waals surface area contributed by atoms with Crippen LogP contribution in [0.4, 0.5) is 17.5 Å². The van der Waals surface area contributed by atoms with Crippen molar-refractivity contribution in [3.63, 3.8) is 0 Å². The summed E-state index contributed by atoms with van der Waals surface area (Å²) >= 11 is 0. The normalized spacial score (nSPS) is 14.5. The highest BCUT2D eigenvalue weighted by Crippen LogP contribution is 2.29. The largest absolute Gasteiger partial charge is 0.438 e. The maximum Gasteiger partial charge on any atom is 0.230 e. The van der Waals surface area contributed by atoms with E-state index in [0.717, 1.165) is 16.9 Å². The van der Waals surface area contributed by atoms with Crippen molar-refractivity contribution in [3.8, 4) is 17.7 Å². The third-order valence-electron chi connectivity index (χ3n) is 5.46. The van der Waals surface area contributed by atoms with E-state index in [0.29, 0.717) is 55.0 Å². The molecule has 1 aromatic carbocycles. The number of benzene rings is 1. The predicted molar refractivity (Wildman–Crippen MR) is 129 cm³/mol. The second-order valence-corrected chi connectivity index (χ2v) is 10.0. The molecule has 0 saturated carbocycles. The van der Waals surface area contributed by atoms with E-state index in [1.54, 1.807) is 30.6 Å². The molecule has 0 radical (unpaired) electrons. The number of nitriles is 1. The minimum atomic E-state index is -3.17. The molecule has 0 unspecified atom stereocenters. The van der Waals surface area contributed by atoms with E-state index in [4.69, 9.17) is 10.00 Å². The molecule has 3 aromatic rings. The van der Waals surface area contributed by atoms with E-state index in [-0.39, 0.29) is 0 Å². The smallest absolute Gasteiger partial charge is 0.230 e. The Bertz CT molecular complexity index is 1310. The van der Waals surface area contributed by atoms with Crippen LogP contribution in [-0.4, -0.2) is 60.1 Å². The Hall–Kier alpha value is -3.75. The molecule has 1 aliphatic rings. The van der Waals surface area contributed by atoms with E-state index in [9.17, 15) is 8.42 Å². The van der Waals surface area contributed by atoms with Gasteiger partial charge < -0.3 is 15.0 Å². The quantitative estimate of drug-likeness (QED) is 0.568. The summed E-state index contributed by atoms with van der Waals surface area (Å²) in [5.41, 5.74) is 2.99. The molecule has 11 heteroatoms. The minimum absolute atomic E-state index is 0.359. The SMILES string of the molecule is Cc1cc(C#N)cc(C)c1Oc1ccnc(Nc2ccc(N3CCN(S(C)(=O)=O)CC3)nc2)n1. The molecule has 1 fully saturated rings. The van der Waals surface area contributed by atoms with E-state index in [2.05, 4.69) is 31.2 Å². The number of nitrogens with one attached hydrogen (secondary N) is 1. The highest BCUT2D eigenvalue weighted by Gasteiger charge is 2.24. The van der Waals surface area contributed by atoms with Crippen molar-refractivity contribution in [2.75, 3.05) is 42.7 Å². The third-order valence-corrected chi connectivity index (χ3v) is 6.76. The molecule has 0 atom stereocenters. The van der Waals surface area contributed by atoms with E-state index >= 15 is 0 Å². The minimum Gasteiger partial charge on any atom is -0.438 e. The molecule has 1 aliphatic heterocycles. The molecule has 4 rings (SSSR count). The van der Waals surface area contributed by atoms with Crippen LogP contribution in [0, 0.1) is 25.2 Å². The number of aromatic nitrogens is 3. The molecule has 0 amide bonds. The molecule has 1 N–H and O–H groups in total. The summed E-state index contributed by atoms with van der Waals surface area (Å²) in [7, 11) is -3.17. The Morgan fingerprint density at radius 1 is 1.06 bits per heavy atom. The molecule has 0 bridgehead atoms. The molecular weight excluding hydrogens is 454 g/mol. The van der Waals surface area contributed by atoms with Gasteiger partial charge in [-0.25, -0.2) is 18.4 Å². The fraction of sp³-hybridized carbons (Fsp3) is 0.304. The number of sulfonamides is 1. The average molecular weight is 480 g/mol. The zero-order valence-corrected chi connectivity index (χ0v) is 20.0. The van der Waals surface area contributed by atoms with Crippen molar-refractivity contribution in [2.24, 2.45) is 0 Å². The number of nitrogens with zero attached hydrogens (tertiary/aromatic N) is 6. The Morgan fingerprint density at radius 2 is 1.76 bits per heavy atom. The second kappa shape index (κ2) is 9.62. The van der Waals surface area contributed by atoms with Gasteiger partial charge in [-0.2, -0.15) is 14.6 Å². The maximum atomic E-state index is 11.7. The Balaban J connectivity index is 1.42. The van der Waals surface area contributed by atoms with Gasteiger partial charge in [0.05, 0.1) is 29.8 Å². The van der Waals surface area contributed by atoms with Gasteiger partial charge in [-0.1, -0.05) is 0 Å². The van der Waals surface area contributed by atoms with Crippen LogP contribution in [0.3, 0.4) is 0 Å². The molecule has 1 saturated heterocycles. The molecule has 10 nitrogen and oxygen atoms in total. The van der Waals surface area contributed by atoms with E-state index in [1.165, 1.54) is 10.6 Å². The lowest BCUT2D eigenvalue weighted by Gasteiger charge is -2.33. The number of hydrogen-bond donors (Lipinski definition) is 1. The van der Waals surface area contributed by atoms with E-state index in [1.807, 2.05) is 26.0 Å². The Morgan fingerprint density at radius 3 is 2.35 bits per heavy atom. The van der Waals surface area contributed by atoms with Gasteiger partial charge in [0.15, 0.2) is 0 Å². The van der Waals surface area contributed by atoms with Crippen molar-refractivity contribution < 1.29 is 13.2 Å². The summed E-state index contributed by atoms with van der Waals surface area (Å²) in [5, 5.41) is 12.2. The van der Waals surface area contributed by atoms with Gasteiger partial charge in [0.25, 0.3) is 0 Å². The summed E-state index contributed by atoms with van der Waals surface area (Å²) < 4.78 is 30.8. The molecule has 0 spiro atoms. The third kappa shape index (κ3) is 5.41. The lowest BCUT2D eigenvalue weighted by atomic mass is 10.1. The molecule has 34 heavy (non-hydrogen) atoms. The van der Waals surface area contributed by atoms with Crippen LogP contribution in [0.5, 0.6) is 11.6 Å². The molecular formula is C23H25N7O3S. The fourth-order valence-corrected chi connectivity index (χ4v) is 4.59. The molecule has 3 heterocycles. The zero-order chi connectivity index (χ0) is 24.3. The van der Waals surface area contributed by atoms with Gasteiger partial charge in [0.2, 0.25) is 21.9 Å². The summed E-state index contributed by atoms with van der Waals surface area (Å²) in [6.45, 7) is 5.83. The number of aryl methyl sites for hydroxylation is 2. The molecule has 0 aliphatic carbocycles. The van der Waals surface area contributed by atoms with Crippen LogP contribution < -0.4 is 15.0 Å². The molecule has 2 aromatic heterocycles. The number of ether oxygens (including phenoxy) is 1. The first-order chi connectivity index (χ1) is 16.2. The van der Waals surface area contributed by atoms with Crippen molar-refractivity contribution in [1.82, 2.24) is 19.3 Å². The zero-order valence-electron chi connectivity index (χ0n) is 19.2. The van der Waals surface area contributed by atoms with Crippen LogP contribution in [0.25, 0.3) is 0 Å². The fourth-order valence-electron chi connectivity index (χ4n) is 3.76. The predicted octanol–water partition coefficient (Wildman–Crippen LogP) is 2.98. The highest BCUT2D eigenvalue weighted by molar-refractivity contribution is 7.88. The number of piperazine rings is 1. The number of rotatable bonds is 6. The summed E-state index contributed by atoms with van der Waals surface area (Å²) in [6.07, 6.45) is 4.52. The number of anilines is 3. The average Bonchev–Trinajstić information content (AvgIpc) is 2.81. The van der Waals surface area contributed by atoms with Crippen molar-refractivity contribution in [1.29, 1.82) is 5.26 Å². The first-order valence-electron chi connectivity index (χ1n) is 10.7. The molecule has 176 valence electrons. The highest BCUT2D eigenvalue weighted by atomic mass is 32.2. The first-order valence-corrected chi connectivity index (χ1v) is 12.5. The van der Waals surface area contributed by atoms with Crippen LogP contribution >= 0.6 is 0 Å². The van der Waals surface area contributed by atoms with Gasteiger partial charge in [-0.15, -0.1) is 0 Å². The maximum absolute atomic E-state index is 11.7. The monoisotopic (exact) mass is 479 g/mol. The van der Waals surface area contributed by atoms with Crippen LogP contribution in [-0.2, 0) is 10.0 Å². The summed E-state index contributed by atoms with van der Waals surface area (Å²) in [5.74, 6) is 2.17. The van der Waals surface area contributed by atoms with Gasteiger partial charge in [-0.05, 0) is 49.2 Å². The van der Waals surface area contributed by atoms with Crippen LogP contribution in [0.1, 0.15) is 16.7 Å². The van der Waals surface area contributed by atoms with Gasteiger partial charge >= 0.3 is 0 Å². The number of hydrogen-bond acceptors (Lipinski definition) is 9. The Kier molecular flexibility index (Phi) is 6.63. The van der Waals surface area contributed by atoms with Crippen LogP contribution in [0.15, 0.2) is 42.7 Å². The van der Waals surface area contributed by atoms with Gasteiger partial charge in [0, 0.05) is 38.4 Å². The Labute approximate surface area is 198 Å². The lowest BCUT2D eigenvalue weighted by molar-refractivity contribution is 0.387. The summed E-state index contributed by atoms with van der Waals surface area (Å²) in [4.78, 5) is 15.2. The standard InChI is InChI=1S/C23H25N7O3S/c1-16-12-18(14-24)13-17(2)22(16)33-21-6-7-25-23(28-21)27-19-4-5-20(26-15-19)29-8-10-30(11-9-29)34(3,31)32/h4-7,12-13,15H,8-11H2,1-3H3,(H,25,27,28). The van der Waals surface area contributed by atoms with Crippen molar-refractivity contribution >= 4 is 27.5 Å². The second-order valence-electron chi connectivity index (χ2n) is 8.05. The topological polar surface area (TPSA) is 124 Å². The van der Waals surface area contributed by atoms with Crippen molar-refractivity contribution in [2.45, 2.75) is 13.8 Å². The lowest BCUT2D eigenvalue weighted by Crippen LogP contribution is -2.48. The number of pyridine rings is 1. The van der Waals surface area contributed by atoms with Gasteiger partial charge in [-0.3, -0.25) is 0 Å².